The van der Waals surface area contributed by atoms with E-state index < -0.39 is 5.97 Å². The summed E-state index contributed by atoms with van der Waals surface area (Å²) in [6.45, 7) is 5.65. The molecule has 5 heteroatoms. The Bertz CT molecular complexity index is 553. The molecule has 1 rings (SSSR count). The Labute approximate surface area is 118 Å². The van der Waals surface area contributed by atoms with Crippen LogP contribution in [0.4, 0.5) is 0 Å². The quantitative estimate of drug-likeness (QED) is 0.592. The summed E-state index contributed by atoms with van der Waals surface area (Å²) in [6.07, 6.45) is 7.05. The molecule has 0 aromatic carbocycles. The van der Waals surface area contributed by atoms with Crippen molar-refractivity contribution in [2.45, 2.75) is 33.7 Å². The van der Waals surface area contributed by atoms with Gasteiger partial charge in [-0.2, -0.15) is 0 Å². The fraction of sp³-hybridized carbons (Fsp3) is 0.333. The van der Waals surface area contributed by atoms with Crippen LogP contribution >= 0.6 is 0 Å². The highest BCUT2D eigenvalue weighted by molar-refractivity contribution is 5.67. The van der Waals surface area contributed by atoms with Gasteiger partial charge in [0.25, 0.3) is 0 Å². The van der Waals surface area contributed by atoms with Gasteiger partial charge >= 0.3 is 5.97 Å². The summed E-state index contributed by atoms with van der Waals surface area (Å²) >= 11 is 0. The second-order valence-electron chi connectivity index (χ2n) is 4.55. The first-order valence-corrected chi connectivity index (χ1v) is 6.44. The molecule has 1 heterocycles. The molecule has 1 aromatic rings. The average molecular weight is 276 g/mol. The number of hydrogen-bond acceptors (Lipinski definition) is 2. The number of carbonyl (C=O) groups excluding carboxylic acids is 1. The van der Waals surface area contributed by atoms with Crippen LogP contribution in [0.3, 0.4) is 0 Å². The number of amides is 1. The molecule has 0 aliphatic heterocycles. The van der Waals surface area contributed by atoms with Crippen molar-refractivity contribution in [1.82, 2.24) is 9.88 Å². The third kappa shape index (κ3) is 4.42. The maximum Gasteiger partial charge on any atom is 0.323 e. The zero-order valence-electron chi connectivity index (χ0n) is 12.0. The van der Waals surface area contributed by atoms with Crippen LogP contribution in [0.25, 0.3) is 6.08 Å². The average Bonchev–Trinajstić information content (AvgIpc) is 2.77. The van der Waals surface area contributed by atoms with Crippen molar-refractivity contribution in [3.63, 3.8) is 0 Å². The van der Waals surface area contributed by atoms with Crippen molar-refractivity contribution in [2.75, 3.05) is 0 Å². The lowest BCUT2D eigenvalue weighted by molar-refractivity contribution is -0.137. The highest BCUT2D eigenvalue weighted by Gasteiger charge is 2.06. The number of rotatable bonds is 7. The number of nitrogens with one attached hydrogen (secondary N) is 1. The van der Waals surface area contributed by atoms with Crippen molar-refractivity contribution in [3.8, 4) is 0 Å². The van der Waals surface area contributed by atoms with Crippen LogP contribution in [0.5, 0.6) is 0 Å². The fourth-order valence-electron chi connectivity index (χ4n) is 1.74. The third-order valence-corrected chi connectivity index (χ3v) is 3.07. The van der Waals surface area contributed by atoms with Crippen LogP contribution < -0.4 is 5.32 Å². The molecule has 0 unspecified atom stereocenters. The number of aromatic nitrogens is 1. The van der Waals surface area contributed by atoms with Crippen molar-refractivity contribution in [1.29, 1.82) is 0 Å². The highest BCUT2D eigenvalue weighted by Crippen LogP contribution is 2.13. The molecule has 20 heavy (non-hydrogen) atoms. The molecule has 0 atom stereocenters. The Hall–Kier alpha value is -2.30. The molecule has 2 N–H and O–H groups in total. The Morgan fingerprint density at radius 1 is 1.45 bits per heavy atom. The molecule has 108 valence electrons. The van der Waals surface area contributed by atoms with E-state index in [1.54, 1.807) is 4.57 Å². The van der Waals surface area contributed by atoms with E-state index in [4.69, 9.17) is 5.11 Å². The van der Waals surface area contributed by atoms with Crippen molar-refractivity contribution >= 4 is 18.5 Å². The fourth-order valence-corrected chi connectivity index (χ4v) is 1.74. The second kappa shape index (κ2) is 7.33. The van der Waals surface area contributed by atoms with E-state index >= 15 is 0 Å². The second-order valence-corrected chi connectivity index (χ2v) is 4.55. The maximum absolute atomic E-state index is 10.8. The first-order chi connectivity index (χ1) is 9.47. The van der Waals surface area contributed by atoms with E-state index in [2.05, 4.69) is 5.32 Å². The van der Waals surface area contributed by atoms with Gasteiger partial charge in [-0.25, -0.2) is 0 Å². The topological polar surface area (TPSA) is 71.3 Å². The predicted molar refractivity (Wildman–Crippen MR) is 78.1 cm³/mol. The molecule has 0 spiro atoms. The number of allylic oxidation sites excluding steroid dienone is 3. The van der Waals surface area contributed by atoms with Gasteiger partial charge in [0.05, 0.1) is 0 Å². The van der Waals surface area contributed by atoms with E-state index in [9.17, 15) is 9.59 Å². The van der Waals surface area contributed by atoms with Crippen molar-refractivity contribution in [3.05, 3.63) is 40.9 Å². The molecule has 0 aliphatic carbocycles. The number of carbonyl (C=O) groups is 2. The first-order valence-electron chi connectivity index (χ1n) is 6.44. The lowest BCUT2D eigenvalue weighted by Gasteiger charge is -2.03. The summed E-state index contributed by atoms with van der Waals surface area (Å²) in [7, 11) is 0. The van der Waals surface area contributed by atoms with Crippen LogP contribution in [0.1, 0.15) is 32.0 Å². The van der Waals surface area contributed by atoms with Gasteiger partial charge in [-0.15, -0.1) is 0 Å². The van der Waals surface area contributed by atoms with E-state index in [0.29, 0.717) is 6.41 Å². The largest absolute Gasteiger partial charge is 0.480 e. The molecule has 0 aliphatic rings. The minimum atomic E-state index is -0.871. The number of nitrogens with zero attached hydrogens (tertiary/aromatic N) is 1. The summed E-state index contributed by atoms with van der Waals surface area (Å²) in [5.74, 6) is -0.871. The van der Waals surface area contributed by atoms with Crippen LogP contribution in [0, 0.1) is 0 Å². The molecular formula is C15H20N2O3. The van der Waals surface area contributed by atoms with Gasteiger partial charge in [0.15, 0.2) is 0 Å². The van der Waals surface area contributed by atoms with E-state index in [1.165, 1.54) is 0 Å². The number of carboxylic acids is 1. The van der Waals surface area contributed by atoms with Gasteiger partial charge in [0.1, 0.15) is 6.54 Å². The Balaban J connectivity index is 3.01. The molecule has 5 nitrogen and oxygen atoms in total. The molecular weight excluding hydrogens is 256 g/mol. The molecule has 1 aromatic heterocycles. The molecule has 0 fully saturated rings. The van der Waals surface area contributed by atoms with Gasteiger partial charge < -0.3 is 15.0 Å². The predicted octanol–water partition coefficient (Wildman–Crippen LogP) is 2.19. The van der Waals surface area contributed by atoms with Gasteiger partial charge in [-0.05, 0) is 43.5 Å². The lowest BCUT2D eigenvalue weighted by Crippen LogP contribution is -2.09. The summed E-state index contributed by atoms with van der Waals surface area (Å²) < 4.78 is 1.70. The van der Waals surface area contributed by atoms with Crippen LogP contribution in [0.15, 0.2) is 29.6 Å². The van der Waals surface area contributed by atoms with E-state index in [0.717, 1.165) is 28.9 Å². The molecule has 0 saturated heterocycles. The number of hydrogen-bond donors (Lipinski definition) is 2. The van der Waals surface area contributed by atoms with Crippen LogP contribution in [-0.2, 0) is 22.6 Å². The summed E-state index contributed by atoms with van der Waals surface area (Å²) in [5, 5.41) is 11.5. The number of carboxylic acid groups (broad SMARTS) is 1. The van der Waals surface area contributed by atoms with Gasteiger partial charge in [-0.3, -0.25) is 9.59 Å². The number of aliphatic carboxylic acids is 1. The maximum atomic E-state index is 10.8. The summed E-state index contributed by atoms with van der Waals surface area (Å²) in [6, 6.07) is 1.97. The third-order valence-electron chi connectivity index (χ3n) is 3.07. The SMILES string of the molecule is CCc1cc(/C=C\C(C)=C(/C)NC=O)n(CC(=O)O)c1. The first kappa shape index (κ1) is 15.8. The van der Waals surface area contributed by atoms with Gasteiger partial charge in [0.2, 0.25) is 6.41 Å². The van der Waals surface area contributed by atoms with E-state index in [-0.39, 0.29) is 6.54 Å². The van der Waals surface area contributed by atoms with Crippen molar-refractivity contribution < 1.29 is 14.7 Å². The zero-order chi connectivity index (χ0) is 15.1. The van der Waals surface area contributed by atoms with Crippen LogP contribution in [0.2, 0.25) is 0 Å². The molecule has 0 saturated carbocycles. The summed E-state index contributed by atoms with van der Waals surface area (Å²) in [4.78, 5) is 21.2. The zero-order valence-corrected chi connectivity index (χ0v) is 12.0. The molecule has 0 bridgehead atoms. The van der Waals surface area contributed by atoms with Gasteiger partial charge in [-0.1, -0.05) is 13.0 Å². The van der Waals surface area contributed by atoms with Crippen LogP contribution in [-0.4, -0.2) is 22.1 Å². The highest BCUT2D eigenvalue weighted by atomic mass is 16.4. The smallest absolute Gasteiger partial charge is 0.323 e. The Morgan fingerprint density at radius 3 is 2.70 bits per heavy atom. The van der Waals surface area contributed by atoms with E-state index in [1.807, 2.05) is 45.2 Å². The normalized spacial score (nSPS) is 12.3. The Morgan fingerprint density at radius 2 is 2.15 bits per heavy atom. The monoisotopic (exact) mass is 276 g/mol. The minimum Gasteiger partial charge on any atom is -0.480 e. The van der Waals surface area contributed by atoms with Crippen molar-refractivity contribution in [2.24, 2.45) is 0 Å². The number of aryl methyl sites for hydroxylation is 1. The molecule has 1 amide bonds. The Kier molecular flexibility index (Phi) is 5.77. The minimum absolute atomic E-state index is 0.0615. The standard InChI is InChI=1S/C15H20N2O3/c1-4-13-7-14(17(8-13)9-15(19)20)6-5-11(2)12(3)16-10-18/h5-8,10H,4,9H2,1-3H3,(H,16,18)(H,19,20)/b6-5-,12-11+. The van der Waals surface area contributed by atoms with Gasteiger partial charge in [0, 0.05) is 17.6 Å². The molecule has 0 radical (unpaired) electrons. The lowest BCUT2D eigenvalue weighted by atomic mass is 10.2. The summed E-state index contributed by atoms with van der Waals surface area (Å²) in [5.41, 5.74) is 3.61.